The van der Waals surface area contributed by atoms with Crippen LogP contribution < -0.4 is 16.0 Å². The number of nitrogens with one attached hydrogen (secondary N) is 3. The Morgan fingerprint density at radius 3 is 2.00 bits per heavy atom. The Morgan fingerprint density at radius 2 is 1.39 bits per heavy atom. The first-order valence-corrected chi connectivity index (χ1v) is 15.4. The fourth-order valence-corrected chi connectivity index (χ4v) is 5.83. The van der Waals surface area contributed by atoms with Crippen LogP contribution in [0.4, 0.5) is 28.9 Å². The molecule has 5 rings (SSSR count). The average molecular weight is 662 g/mol. The third kappa shape index (κ3) is 7.89. The highest BCUT2D eigenvalue weighted by atomic mass is 32.2. The number of thiophene rings is 1. The van der Waals surface area contributed by atoms with E-state index in [1.54, 1.807) is 97.1 Å². The van der Waals surface area contributed by atoms with E-state index in [4.69, 9.17) is 0 Å². The van der Waals surface area contributed by atoms with Crippen LogP contribution in [0.1, 0.15) is 26.7 Å². The number of carbonyl (C=O) groups excluding carboxylic acids is 3. The maximum Gasteiger partial charge on any atom is 0.272 e. The molecule has 232 valence electrons. The monoisotopic (exact) mass is 661 g/mol. The summed E-state index contributed by atoms with van der Waals surface area (Å²) in [6.07, 6.45) is 1.55. The van der Waals surface area contributed by atoms with Gasteiger partial charge in [-0.2, -0.15) is 11.3 Å². The van der Waals surface area contributed by atoms with E-state index in [-0.39, 0.29) is 11.8 Å². The van der Waals surface area contributed by atoms with Gasteiger partial charge in [0.2, 0.25) is 5.91 Å². The molecule has 0 bridgehead atoms. The Kier molecular flexibility index (Phi) is 10.3. The van der Waals surface area contributed by atoms with Gasteiger partial charge >= 0.3 is 0 Å². The topological polar surface area (TPSA) is 87.3 Å². The molecule has 12 heteroatoms. The lowest BCUT2D eigenvalue weighted by Gasteiger charge is -2.18. The number of hydrogen-bond donors (Lipinski definition) is 3. The van der Waals surface area contributed by atoms with Crippen molar-refractivity contribution in [2.45, 2.75) is 10.1 Å². The molecule has 1 atom stereocenters. The highest BCUT2D eigenvalue weighted by Crippen LogP contribution is 2.37. The number of halogens is 4. The van der Waals surface area contributed by atoms with Gasteiger partial charge in [-0.25, -0.2) is 17.6 Å². The lowest BCUT2D eigenvalue weighted by atomic mass is 10.1. The summed E-state index contributed by atoms with van der Waals surface area (Å²) in [6, 6.07) is 24.9. The second-order valence-electron chi connectivity index (χ2n) is 9.65. The molecule has 3 amide bonds. The summed E-state index contributed by atoms with van der Waals surface area (Å²) >= 11 is 2.44. The Hall–Kier alpha value is -5.20. The van der Waals surface area contributed by atoms with Crippen LogP contribution in [0.5, 0.6) is 0 Å². The third-order valence-corrected chi connectivity index (χ3v) is 8.42. The van der Waals surface area contributed by atoms with Gasteiger partial charge in [0.05, 0.1) is 0 Å². The first-order chi connectivity index (χ1) is 22.2. The summed E-state index contributed by atoms with van der Waals surface area (Å²) in [7, 11) is 0. The van der Waals surface area contributed by atoms with E-state index in [0.29, 0.717) is 21.7 Å². The third-order valence-electron chi connectivity index (χ3n) is 6.45. The van der Waals surface area contributed by atoms with E-state index in [2.05, 4.69) is 10.6 Å². The van der Waals surface area contributed by atoms with Crippen LogP contribution in [0.2, 0.25) is 0 Å². The molecule has 5 aromatic rings. The molecule has 4 aromatic carbocycles. The predicted octanol–water partition coefficient (Wildman–Crippen LogP) is 8.19. The van der Waals surface area contributed by atoms with E-state index in [1.165, 1.54) is 11.3 Å². The number of amides is 3. The second-order valence-corrected chi connectivity index (χ2v) is 11.6. The highest BCUT2D eigenvalue weighted by molar-refractivity contribution is 8.00. The lowest BCUT2D eigenvalue weighted by molar-refractivity contribution is -0.116. The van der Waals surface area contributed by atoms with Gasteiger partial charge in [-0.15, -0.1) is 11.8 Å². The molecule has 6 nitrogen and oxygen atoms in total. The summed E-state index contributed by atoms with van der Waals surface area (Å²) in [5, 5.41) is 9.96. The van der Waals surface area contributed by atoms with E-state index < -0.39 is 51.9 Å². The van der Waals surface area contributed by atoms with Crippen molar-refractivity contribution in [3.63, 3.8) is 0 Å². The van der Waals surface area contributed by atoms with E-state index in [1.807, 2.05) is 16.1 Å². The smallest absolute Gasteiger partial charge is 0.272 e. The molecule has 0 spiro atoms. The van der Waals surface area contributed by atoms with Gasteiger partial charge in [0.15, 0.2) is 23.3 Å². The Bertz CT molecular complexity index is 1860. The molecular weight excluding hydrogens is 639 g/mol. The Balaban J connectivity index is 1.33. The molecular formula is C34H23F4N3O3S2. The first-order valence-electron chi connectivity index (χ1n) is 13.6. The molecule has 0 aliphatic carbocycles. The summed E-state index contributed by atoms with van der Waals surface area (Å²) in [4.78, 5) is 39.8. The second kappa shape index (κ2) is 14.7. The van der Waals surface area contributed by atoms with Gasteiger partial charge < -0.3 is 16.0 Å². The van der Waals surface area contributed by atoms with Crippen LogP contribution in [-0.4, -0.2) is 17.7 Å². The van der Waals surface area contributed by atoms with Crippen LogP contribution in [0.3, 0.4) is 0 Å². The van der Waals surface area contributed by atoms with Crippen molar-refractivity contribution >= 4 is 58.3 Å². The van der Waals surface area contributed by atoms with Crippen LogP contribution in [0, 0.1) is 23.3 Å². The van der Waals surface area contributed by atoms with Gasteiger partial charge in [-0.05, 0) is 70.4 Å². The van der Waals surface area contributed by atoms with Crippen molar-refractivity contribution in [1.29, 1.82) is 0 Å². The molecule has 1 heterocycles. The number of benzene rings is 4. The van der Waals surface area contributed by atoms with Crippen LogP contribution in [0.15, 0.2) is 118 Å². The Labute approximate surface area is 269 Å². The Morgan fingerprint density at radius 1 is 0.761 bits per heavy atom. The SMILES string of the molecule is O=C(Nc1ccc(SC(C(=O)Nc2c(F)c(F)cc(F)c2F)c2ccccc2)cc1)/C(=C/c1ccsc1)NC(=O)c1ccccc1. The average Bonchev–Trinajstić information content (AvgIpc) is 3.59. The summed E-state index contributed by atoms with van der Waals surface area (Å²) in [5.41, 5.74) is 0.712. The minimum Gasteiger partial charge on any atom is -0.321 e. The largest absolute Gasteiger partial charge is 0.321 e. The fourth-order valence-electron chi connectivity index (χ4n) is 4.19. The minimum absolute atomic E-state index is 0.0137. The van der Waals surface area contributed by atoms with E-state index in [9.17, 15) is 31.9 Å². The molecule has 0 radical (unpaired) electrons. The number of carbonyl (C=O) groups is 3. The zero-order valence-electron chi connectivity index (χ0n) is 23.6. The van der Waals surface area contributed by atoms with Crippen molar-refractivity contribution in [2.75, 3.05) is 10.6 Å². The predicted molar refractivity (Wildman–Crippen MR) is 171 cm³/mol. The number of thioether (sulfide) groups is 1. The molecule has 0 saturated heterocycles. The van der Waals surface area contributed by atoms with Crippen molar-refractivity contribution < 1.29 is 31.9 Å². The standard InChI is InChI=1S/C34H23F4N3O3S2/c35-25-18-26(36)29(38)30(28(25)37)41-34(44)31(21-7-3-1-4-8-21)46-24-13-11-23(12-14-24)39-33(43)27(17-20-15-16-45-19-20)40-32(42)22-9-5-2-6-10-22/h1-19,31H,(H,39,43)(H,40,42)(H,41,44)/b27-17-. The normalized spacial score (nSPS) is 11.9. The summed E-state index contributed by atoms with van der Waals surface area (Å²) in [5.74, 6) is -8.71. The minimum atomic E-state index is -1.73. The number of hydrogen-bond acceptors (Lipinski definition) is 5. The maximum absolute atomic E-state index is 14.3. The van der Waals surface area contributed by atoms with Crippen LogP contribution in [-0.2, 0) is 9.59 Å². The van der Waals surface area contributed by atoms with Crippen LogP contribution in [0.25, 0.3) is 6.08 Å². The van der Waals surface area contributed by atoms with Gasteiger partial charge in [0.1, 0.15) is 16.6 Å². The van der Waals surface area contributed by atoms with Gasteiger partial charge in [0, 0.05) is 22.2 Å². The van der Waals surface area contributed by atoms with Gasteiger partial charge in [0.25, 0.3) is 11.8 Å². The van der Waals surface area contributed by atoms with Gasteiger partial charge in [-0.1, -0.05) is 48.5 Å². The molecule has 0 fully saturated rings. The van der Waals surface area contributed by atoms with Crippen molar-refractivity contribution in [3.8, 4) is 0 Å². The molecule has 46 heavy (non-hydrogen) atoms. The van der Waals surface area contributed by atoms with Crippen molar-refractivity contribution in [1.82, 2.24) is 5.32 Å². The van der Waals surface area contributed by atoms with E-state index in [0.717, 1.165) is 17.3 Å². The van der Waals surface area contributed by atoms with E-state index >= 15 is 0 Å². The number of rotatable bonds is 10. The highest BCUT2D eigenvalue weighted by Gasteiger charge is 2.27. The molecule has 0 aliphatic rings. The summed E-state index contributed by atoms with van der Waals surface area (Å²) < 4.78 is 56.1. The van der Waals surface area contributed by atoms with Gasteiger partial charge in [-0.3, -0.25) is 14.4 Å². The first kappa shape index (κ1) is 32.2. The summed E-state index contributed by atoms with van der Waals surface area (Å²) in [6.45, 7) is 0. The number of anilines is 2. The van der Waals surface area contributed by atoms with Crippen LogP contribution >= 0.6 is 23.1 Å². The van der Waals surface area contributed by atoms with Crippen molar-refractivity contribution in [2.24, 2.45) is 0 Å². The fraction of sp³-hybridized carbons (Fsp3) is 0.0294. The zero-order valence-corrected chi connectivity index (χ0v) is 25.2. The zero-order chi connectivity index (χ0) is 32.6. The molecule has 1 aromatic heterocycles. The van der Waals surface area contributed by atoms with Crippen molar-refractivity contribution in [3.05, 3.63) is 153 Å². The quantitative estimate of drug-likeness (QED) is 0.0610. The lowest BCUT2D eigenvalue weighted by Crippen LogP contribution is -2.30. The molecule has 0 aliphatic heterocycles. The maximum atomic E-state index is 14.3. The molecule has 3 N–H and O–H groups in total. The molecule has 0 saturated carbocycles. The molecule has 1 unspecified atom stereocenters.